The van der Waals surface area contributed by atoms with Crippen LogP contribution in [-0.2, 0) is 6.42 Å². The van der Waals surface area contributed by atoms with Gasteiger partial charge in [-0.15, -0.1) is 13.2 Å². The van der Waals surface area contributed by atoms with E-state index in [2.05, 4.69) is 21.4 Å². The highest BCUT2D eigenvalue weighted by molar-refractivity contribution is 7.80. The lowest BCUT2D eigenvalue weighted by Gasteiger charge is -2.13. The fraction of sp³-hybridized carbons (Fsp3) is 0.278. The molecule has 4 nitrogen and oxygen atoms in total. The minimum atomic E-state index is -4.71. The molecule has 0 fully saturated rings. The smallest absolute Gasteiger partial charge is 0.496 e. The summed E-state index contributed by atoms with van der Waals surface area (Å²) in [5, 5.41) is 6.34. The first-order valence-electron chi connectivity index (χ1n) is 7.81. The standard InChI is InChI=1S/C18H19F3N2O2S/c1-12-3-8-16(24-2)13(11-12)9-10-22-17(26)23-14-4-6-15(7-5-14)25-18(19,20)21/h3-8,11H,9-10H2,1-2H3,(H2,22,23,26). The Morgan fingerprint density at radius 2 is 1.81 bits per heavy atom. The van der Waals surface area contributed by atoms with Crippen molar-refractivity contribution in [2.75, 3.05) is 19.0 Å². The maximum absolute atomic E-state index is 12.1. The van der Waals surface area contributed by atoms with Crippen LogP contribution in [0.25, 0.3) is 0 Å². The first kappa shape index (κ1) is 19.8. The van der Waals surface area contributed by atoms with Crippen LogP contribution in [0.2, 0.25) is 0 Å². The molecule has 0 saturated heterocycles. The minimum absolute atomic E-state index is 0.284. The zero-order valence-corrected chi connectivity index (χ0v) is 15.1. The monoisotopic (exact) mass is 384 g/mol. The fourth-order valence-electron chi connectivity index (χ4n) is 2.33. The van der Waals surface area contributed by atoms with Gasteiger partial charge in [-0.05, 0) is 61.5 Å². The van der Waals surface area contributed by atoms with Gasteiger partial charge >= 0.3 is 6.36 Å². The minimum Gasteiger partial charge on any atom is -0.496 e. The van der Waals surface area contributed by atoms with Crippen LogP contribution in [0, 0.1) is 6.92 Å². The largest absolute Gasteiger partial charge is 0.573 e. The molecule has 140 valence electrons. The Balaban J connectivity index is 1.83. The lowest BCUT2D eigenvalue weighted by molar-refractivity contribution is -0.274. The number of thiocarbonyl (C=S) groups is 1. The summed E-state index contributed by atoms with van der Waals surface area (Å²) in [4.78, 5) is 0. The average Bonchev–Trinajstić information content (AvgIpc) is 2.55. The van der Waals surface area contributed by atoms with Gasteiger partial charge in [0.15, 0.2) is 5.11 Å². The van der Waals surface area contributed by atoms with E-state index in [0.717, 1.165) is 16.9 Å². The Bertz CT molecular complexity index is 749. The number of ether oxygens (including phenoxy) is 2. The molecule has 0 atom stereocenters. The van der Waals surface area contributed by atoms with E-state index < -0.39 is 6.36 Å². The van der Waals surface area contributed by atoms with E-state index in [-0.39, 0.29) is 5.75 Å². The molecule has 0 aromatic heterocycles. The van der Waals surface area contributed by atoms with E-state index in [4.69, 9.17) is 17.0 Å². The summed E-state index contributed by atoms with van der Waals surface area (Å²) < 4.78 is 45.5. The van der Waals surface area contributed by atoms with Gasteiger partial charge < -0.3 is 20.1 Å². The van der Waals surface area contributed by atoms with Crippen LogP contribution in [0.15, 0.2) is 42.5 Å². The maximum atomic E-state index is 12.1. The number of methoxy groups -OCH3 is 1. The summed E-state index contributed by atoms with van der Waals surface area (Å²) in [5.74, 6) is 0.532. The maximum Gasteiger partial charge on any atom is 0.573 e. The van der Waals surface area contributed by atoms with Gasteiger partial charge in [-0.3, -0.25) is 0 Å². The van der Waals surface area contributed by atoms with Crippen LogP contribution in [-0.4, -0.2) is 25.1 Å². The molecular weight excluding hydrogens is 365 g/mol. The summed E-state index contributed by atoms with van der Waals surface area (Å²) in [7, 11) is 1.62. The molecule has 2 aromatic carbocycles. The molecule has 2 N–H and O–H groups in total. The van der Waals surface area contributed by atoms with Crippen molar-refractivity contribution in [2.24, 2.45) is 0 Å². The van der Waals surface area contributed by atoms with Gasteiger partial charge in [0.05, 0.1) is 7.11 Å². The Kier molecular flexibility index (Phi) is 6.68. The van der Waals surface area contributed by atoms with E-state index in [0.29, 0.717) is 23.8 Å². The van der Waals surface area contributed by atoms with Gasteiger partial charge in [-0.2, -0.15) is 0 Å². The summed E-state index contributed by atoms with van der Waals surface area (Å²) in [6, 6.07) is 11.3. The number of alkyl halides is 3. The Morgan fingerprint density at radius 1 is 1.12 bits per heavy atom. The second kappa shape index (κ2) is 8.75. The number of nitrogens with one attached hydrogen (secondary N) is 2. The molecule has 2 rings (SSSR count). The van der Waals surface area contributed by atoms with Crippen molar-refractivity contribution in [3.8, 4) is 11.5 Å². The summed E-state index contributed by atoms with van der Waals surface area (Å²) in [6.45, 7) is 2.59. The van der Waals surface area contributed by atoms with Gasteiger partial charge in [0.1, 0.15) is 11.5 Å². The molecule has 0 unspecified atom stereocenters. The van der Waals surface area contributed by atoms with Crippen molar-refractivity contribution in [1.82, 2.24) is 5.32 Å². The average molecular weight is 384 g/mol. The molecule has 0 aliphatic rings. The number of hydrogen-bond acceptors (Lipinski definition) is 3. The summed E-state index contributed by atoms with van der Waals surface area (Å²) in [6.07, 6.45) is -3.99. The van der Waals surface area contributed by atoms with Crippen molar-refractivity contribution >= 4 is 23.0 Å². The van der Waals surface area contributed by atoms with Crippen LogP contribution in [0.3, 0.4) is 0 Å². The van der Waals surface area contributed by atoms with E-state index in [1.807, 2.05) is 19.1 Å². The third-order valence-electron chi connectivity index (χ3n) is 3.46. The predicted molar refractivity (Wildman–Crippen MR) is 98.8 cm³/mol. The zero-order valence-electron chi connectivity index (χ0n) is 14.3. The second-order valence-corrected chi connectivity index (χ2v) is 5.93. The van der Waals surface area contributed by atoms with E-state index in [9.17, 15) is 13.2 Å². The molecule has 0 aliphatic heterocycles. The first-order chi connectivity index (χ1) is 12.3. The third-order valence-corrected chi connectivity index (χ3v) is 3.71. The number of benzene rings is 2. The Morgan fingerprint density at radius 3 is 2.42 bits per heavy atom. The van der Waals surface area contributed by atoms with E-state index in [1.54, 1.807) is 7.11 Å². The lowest BCUT2D eigenvalue weighted by Crippen LogP contribution is -2.30. The van der Waals surface area contributed by atoms with Crippen molar-refractivity contribution < 1.29 is 22.6 Å². The highest BCUT2D eigenvalue weighted by Crippen LogP contribution is 2.24. The van der Waals surface area contributed by atoms with Gasteiger partial charge in [0.25, 0.3) is 0 Å². The molecule has 2 aromatic rings. The molecule has 26 heavy (non-hydrogen) atoms. The SMILES string of the molecule is COc1ccc(C)cc1CCNC(=S)Nc1ccc(OC(F)(F)F)cc1. The normalized spacial score (nSPS) is 11.0. The summed E-state index contributed by atoms with van der Waals surface area (Å²) >= 11 is 5.19. The fourth-order valence-corrected chi connectivity index (χ4v) is 2.55. The number of rotatable bonds is 6. The number of anilines is 1. The Hall–Kier alpha value is -2.48. The van der Waals surface area contributed by atoms with Crippen LogP contribution in [0.4, 0.5) is 18.9 Å². The van der Waals surface area contributed by atoms with Crippen LogP contribution in [0.1, 0.15) is 11.1 Å². The molecule has 0 amide bonds. The number of halogens is 3. The first-order valence-corrected chi connectivity index (χ1v) is 8.22. The van der Waals surface area contributed by atoms with Gasteiger partial charge in [0, 0.05) is 12.2 Å². The number of aryl methyl sites for hydroxylation is 1. The molecule has 0 heterocycles. The lowest BCUT2D eigenvalue weighted by atomic mass is 10.1. The molecular formula is C18H19F3N2O2S. The van der Waals surface area contributed by atoms with Crippen molar-refractivity contribution in [3.63, 3.8) is 0 Å². The van der Waals surface area contributed by atoms with Gasteiger partial charge in [-0.25, -0.2) is 0 Å². The summed E-state index contributed by atoms with van der Waals surface area (Å²) in [5.41, 5.74) is 2.77. The quantitative estimate of drug-likeness (QED) is 0.722. The zero-order chi connectivity index (χ0) is 19.2. The highest BCUT2D eigenvalue weighted by atomic mass is 32.1. The van der Waals surface area contributed by atoms with Crippen LogP contribution < -0.4 is 20.1 Å². The van der Waals surface area contributed by atoms with Crippen molar-refractivity contribution in [3.05, 3.63) is 53.6 Å². The molecule has 8 heteroatoms. The number of hydrogen-bond donors (Lipinski definition) is 2. The predicted octanol–water partition coefficient (Wildman–Crippen LogP) is 4.43. The molecule has 0 aliphatic carbocycles. The van der Waals surface area contributed by atoms with Crippen LogP contribution in [0.5, 0.6) is 11.5 Å². The van der Waals surface area contributed by atoms with Crippen molar-refractivity contribution in [2.45, 2.75) is 19.7 Å². The van der Waals surface area contributed by atoms with Gasteiger partial charge in [-0.1, -0.05) is 17.7 Å². The van der Waals surface area contributed by atoms with E-state index in [1.165, 1.54) is 24.3 Å². The highest BCUT2D eigenvalue weighted by Gasteiger charge is 2.30. The van der Waals surface area contributed by atoms with Gasteiger partial charge in [0.2, 0.25) is 0 Å². The molecule has 0 bridgehead atoms. The topological polar surface area (TPSA) is 42.5 Å². The molecule has 0 saturated carbocycles. The Labute approximate surface area is 155 Å². The second-order valence-electron chi connectivity index (χ2n) is 5.52. The van der Waals surface area contributed by atoms with Crippen LogP contribution >= 0.6 is 12.2 Å². The third kappa shape index (κ3) is 6.44. The van der Waals surface area contributed by atoms with E-state index >= 15 is 0 Å². The van der Waals surface area contributed by atoms with Crippen molar-refractivity contribution in [1.29, 1.82) is 0 Å². The molecule has 0 radical (unpaired) electrons. The molecule has 0 spiro atoms.